The van der Waals surface area contributed by atoms with Crippen LogP contribution in [0.15, 0.2) is 71.2 Å². The fourth-order valence-electron chi connectivity index (χ4n) is 5.28. The second-order valence-corrected chi connectivity index (χ2v) is 13.2. The highest BCUT2D eigenvalue weighted by atomic mass is 32.2. The zero-order valence-electron chi connectivity index (χ0n) is 26.5. The van der Waals surface area contributed by atoms with Crippen LogP contribution in [-0.2, 0) is 41.4 Å². The fourth-order valence-corrected chi connectivity index (χ4v) is 6.44. The number of aliphatic hydroxyl groups excluding tert-OH is 1. The Kier molecular flexibility index (Phi) is 11.2. The van der Waals surface area contributed by atoms with Gasteiger partial charge in [0.1, 0.15) is 22.9 Å². The van der Waals surface area contributed by atoms with Gasteiger partial charge in [-0.05, 0) is 77.9 Å². The highest BCUT2D eigenvalue weighted by Gasteiger charge is 2.31. The van der Waals surface area contributed by atoms with E-state index in [1.54, 1.807) is 24.3 Å². The Labute approximate surface area is 281 Å². The number of furan rings is 1. The molecule has 49 heavy (non-hydrogen) atoms. The van der Waals surface area contributed by atoms with Crippen molar-refractivity contribution in [2.24, 2.45) is 0 Å². The average Bonchev–Trinajstić information content (AvgIpc) is 3.85. The second kappa shape index (κ2) is 15.6. The summed E-state index contributed by atoms with van der Waals surface area (Å²) in [4.78, 5) is 34.9. The minimum atomic E-state index is -3.77. The van der Waals surface area contributed by atoms with Gasteiger partial charge in [0.25, 0.3) is 11.7 Å². The number of benzene rings is 3. The monoisotopic (exact) mass is 694 g/mol. The van der Waals surface area contributed by atoms with Crippen LogP contribution in [0.25, 0.3) is 28.1 Å². The summed E-state index contributed by atoms with van der Waals surface area (Å²) in [5.41, 5.74) is 3.51. The molecule has 1 aromatic heterocycles. The number of aliphatic carboxylic acids is 1. The summed E-state index contributed by atoms with van der Waals surface area (Å²) in [6, 6.07) is 15.5. The number of nitrogens with one attached hydrogen (secondary N) is 2. The first-order valence-corrected chi connectivity index (χ1v) is 17.1. The molecule has 12 nitrogen and oxygen atoms in total. The maximum atomic E-state index is 13.6. The van der Waals surface area contributed by atoms with E-state index in [2.05, 4.69) is 10.0 Å². The molecule has 1 aliphatic rings. The third-order valence-corrected chi connectivity index (χ3v) is 9.12. The standard InChI is InChI=1S/C35H35FN2O10S/c1-37-34(41)32-28-17-27(22-5-6-22)25(16-31(28)48-33(32)23-7-9-26(36)10-8-23)20-49(44,45)38-11-12-46-13-14-47-19-21-3-2-4-24(15-21)29(39)18-30(40)35(42)43/h2-4,7-10,15-18,22,38-39H,5-6,11-14,19-20H2,1H3,(H,37,41)(H,42,43)/b29-18-. The number of carboxylic acids is 1. The van der Waals surface area contributed by atoms with Crippen molar-refractivity contribution in [2.45, 2.75) is 31.1 Å². The van der Waals surface area contributed by atoms with Crippen LogP contribution < -0.4 is 10.0 Å². The van der Waals surface area contributed by atoms with Gasteiger partial charge in [0.05, 0.1) is 37.7 Å². The molecule has 1 amide bonds. The summed E-state index contributed by atoms with van der Waals surface area (Å²) < 4.78 is 59.5. The number of hydrogen-bond acceptors (Lipinski definition) is 9. The molecule has 4 aromatic rings. The lowest BCUT2D eigenvalue weighted by atomic mass is 9.98. The Hall–Kier alpha value is -4.89. The molecular weight excluding hydrogens is 659 g/mol. The maximum absolute atomic E-state index is 13.6. The zero-order chi connectivity index (χ0) is 35.1. The predicted molar refractivity (Wildman–Crippen MR) is 178 cm³/mol. The lowest BCUT2D eigenvalue weighted by Gasteiger charge is -2.12. The van der Waals surface area contributed by atoms with Crippen molar-refractivity contribution in [2.75, 3.05) is 33.4 Å². The molecule has 0 spiro atoms. The first kappa shape index (κ1) is 35.4. The molecule has 14 heteroatoms. The number of carbonyl (C=O) groups is 3. The van der Waals surface area contributed by atoms with E-state index in [-0.39, 0.29) is 61.9 Å². The molecule has 0 unspecified atom stereocenters. The first-order valence-electron chi connectivity index (χ1n) is 15.4. The SMILES string of the molecule is CNC(=O)c1c(-c2ccc(F)cc2)oc2cc(CS(=O)(=O)NCCOCCOCc3cccc(/C(O)=C/C(=O)C(=O)O)c3)c(C3CC3)cc12. The van der Waals surface area contributed by atoms with Gasteiger partial charge in [-0.25, -0.2) is 22.3 Å². The van der Waals surface area contributed by atoms with Gasteiger partial charge in [0, 0.05) is 36.2 Å². The van der Waals surface area contributed by atoms with Gasteiger partial charge < -0.3 is 29.4 Å². The molecule has 0 atom stereocenters. The minimum Gasteiger partial charge on any atom is -0.507 e. The molecule has 1 fully saturated rings. The Balaban J connectivity index is 1.15. The minimum absolute atomic E-state index is 0.0301. The van der Waals surface area contributed by atoms with E-state index in [1.807, 2.05) is 6.07 Å². The van der Waals surface area contributed by atoms with E-state index in [0.717, 1.165) is 18.4 Å². The van der Waals surface area contributed by atoms with Gasteiger partial charge in [-0.2, -0.15) is 0 Å². The van der Waals surface area contributed by atoms with Crippen LogP contribution >= 0.6 is 0 Å². The number of carbonyl (C=O) groups excluding carboxylic acids is 2. The number of sulfonamides is 1. The van der Waals surface area contributed by atoms with Crippen LogP contribution in [0.4, 0.5) is 4.39 Å². The normalized spacial score (nSPS) is 13.5. The lowest BCUT2D eigenvalue weighted by Crippen LogP contribution is -2.29. The number of hydrogen-bond donors (Lipinski definition) is 4. The van der Waals surface area contributed by atoms with Crippen LogP contribution in [0.3, 0.4) is 0 Å². The molecule has 0 radical (unpaired) electrons. The van der Waals surface area contributed by atoms with E-state index in [0.29, 0.717) is 39.3 Å². The van der Waals surface area contributed by atoms with Crippen LogP contribution in [0.2, 0.25) is 0 Å². The number of halogens is 1. The Morgan fingerprint density at radius 2 is 1.73 bits per heavy atom. The molecule has 258 valence electrons. The number of ketones is 1. The Bertz CT molecular complexity index is 2000. The molecule has 1 saturated carbocycles. The van der Waals surface area contributed by atoms with Crippen molar-refractivity contribution in [3.8, 4) is 11.3 Å². The third-order valence-electron chi connectivity index (χ3n) is 7.78. The summed E-state index contributed by atoms with van der Waals surface area (Å²) in [6.45, 7) is 0.663. The number of carboxylic acid groups (broad SMARTS) is 1. The highest BCUT2D eigenvalue weighted by Crippen LogP contribution is 2.45. The number of ether oxygens (including phenoxy) is 2. The predicted octanol–water partition coefficient (Wildman–Crippen LogP) is 4.68. The van der Waals surface area contributed by atoms with E-state index in [1.165, 1.54) is 37.4 Å². The van der Waals surface area contributed by atoms with E-state index in [4.69, 9.17) is 19.0 Å². The van der Waals surface area contributed by atoms with E-state index < -0.39 is 33.4 Å². The Morgan fingerprint density at radius 1 is 1.00 bits per heavy atom. The van der Waals surface area contributed by atoms with Crippen LogP contribution in [0.1, 0.15) is 51.4 Å². The molecule has 0 bridgehead atoms. The summed E-state index contributed by atoms with van der Waals surface area (Å²) in [6.07, 6.45) is 2.43. The highest BCUT2D eigenvalue weighted by molar-refractivity contribution is 7.88. The van der Waals surface area contributed by atoms with Crippen LogP contribution in [0, 0.1) is 5.82 Å². The molecule has 4 N–H and O–H groups in total. The third kappa shape index (κ3) is 9.18. The van der Waals surface area contributed by atoms with Crippen molar-refractivity contribution in [3.63, 3.8) is 0 Å². The number of amides is 1. The van der Waals surface area contributed by atoms with E-state index in [9.17, 15) is 32.3 Å². The van der Waals surface area contributed by atoms with Gasteiger partial charge in [-0.1, -0.05) is 18.2 Å². The van der Waals surface area contributed by atoms with Gasteiger partial charge in [0.15, 0.2) is 0 Å². The number of aliphatic hydroxyl groups is 1. The summed E-state index contributed by atoms with van der Waals surface area (Å²) in [5, 5.41) is 21.9. The van der Waals surface area contributed by atoms with Gasteiger partial charge in [-0.3, -0.25) is 9.59 Å². The summed E-state index contributed by atoms with van der Waals surface area (Å²) in [7, 11) is -2.27. The van der Waals surface area contributed by atoms with Crippen LogP contribution in [0.5, 0.6) is 0 Å². The molecule has 1 aliphatic carbocycles. The van der Waals surface area contributed by atoms with Crippen molar-refractivity contribution in [1.82, 2.24) is 10.0 Å². The molecule has 5 rings (SSSR count). The summed E-state index contributed by atoms with van der Waals surface area (Å²) >= 11 is 0. The summed E-state index contributed by atoms with van der Waals surface area (Å²) in [5.74, 6) is -4.05. The topological polar surface area (TPSA) is 181 Å². The van der Waals surface area contributed by atoms with Crippen molar-refractivity contribution in [1.29, 1.82) is 0 Å². The maximum Gasteiger partial charge on any atom is 0.376 e. The van der Waals surface area contributed by atoms with Gasteiger partial charge >= 0.3 is 5.97 Å². The van der Waals surface area contributed by atoms with E-state index >= 15 is 0 Å². The van der Waals surface area contributed by atoms with Crippen LogP contribution in [-0.4, -0.2) is 69.7 Å². The van der Waals surface area contributed by atoms with Gasteiger partial charge in [0.2, 0.25) is 10.0 Å². The average molecular weight is 695 g/mol. The quantitative estimate of drug-likeness (QED) is 0.0524. The van der Waals surface area contributed by atoms with Gasteiger partial charge in [-0.15, -0.1) is 0 Å². The first-order chi connectivity index (χ1) is 23.5. The Morgan fingerprint density at radius 3 is 2.43 bits per heavy atom. The number of rotatable bonds is 17. The largest absolute Gasteiger partial charge is 0.507 e. The smallest absolute Gasteiger partial charge is 0.376 e. The fraction of sp³-hybridized carbons (Fsp3) is 0.286. The molecule has 1 heterocycles. The molecule has 0 saturated heterocycles. The molecular formula is C35H35FN2O10S. The van der Waals surface area contributed by atoms with Crippen molar-refractivity contribution in [3.05, 3.63) is 100 Å². The number of fused-ring (bicyclic) bond motifs is 1. The van der Waals surface area contributed by atoms with Crippen molar-refractivity contribution >= 4 is 44.4 Å². The molecule has 3 aromatic carbocycles. The lowest BCUT2D eigenvalue weighted by molar-refractivity contribution is -0.146. The second-order valence-electron chi connectivity index (χ2n) is 11.4. The molecule has 0 aliphatic heterocycles. The van der Waals surface area contributed by atoms with Crippen molar-refractivity contribution < 1.29 is 51.3 Å². The zero-order valence-corrected chi connectivity index (χ0v) is 27.3.